The van der Waals surface area contributed by atoms with Gasteiger partial charge in [0.15, 0.2) is 0 Å². The van der Waals surface area contributed by atoms with Crippen LogP contribution in [0.2, 0.25) is 0 Å². The van der Waals surface area contributed by atoms with Crippen molar-refractivity contribution in [2.45, 2.75) is 26.2 Å². The Hall–Kier alpha value is -2.54. The quantitative estimate of drug-likeness (QED) is 0.759. The number of hydrogen-bond acceptors (Lipinski definition) is 4. The molecule has 0 spiro atoms. The minimum Gasteiger partial charge on any atom is -0.370 e. The number of carbonyl (C=O) groups excluding carboxylic acids is 1. The van der Waals surface area contributed by atoms with Crippen LogP contribution >= 0.6 is 0 Å². The molecule has 0 radical (unpaired) electrons. The Morgan fingerprint density at radius 1 is 1.07 bits per heavy atom. The molecule has 6 nitrogen and oxygen atoms in total. The second kappa shape index (κ2) is 8.43. The van der Waals surface area contributed by atoms with Crippen molar-refractivity contribution in [1.29, 1.82) is 0 Å². The Kier molecular flexibility index (Phi) is 6.01. The van der Waals surface area contributed by atoms with Gasteiger partial charge in [0.2, 0.25) is 10.0 Å². The minimum absolute atomic E-state index is 0.0482. The zero-order chi connectivity index (χ0) is 19.3. The summed E-state index contributed by atoms with van der Waals surface area (Å²) in [6, 6.07) is 14.3. The van der Waals surface area contributed by atoms with E-state index in [0.717, 1.165) is 37.3 Å². The van der Waals surface area contributed by atoms with E-state index in [1.54, 1.807) is 31.2 Å². The number of sulfonamides is 1. The molecule has 0 aromatic heterocycles. The molecule has 0 aliphatic carbocycles. The number of benzene rings is 2. The molecule has 1 heterocycles. The van der Waals surface area contributed by atoms with Crippen LogP contribution in [-0.4, -0.2) is 33.2 Å². The molecule has 27 heavy (non-hydrogen) atoms. The number of amides is 1. The number of carbonyl (C=O) groups is 1. The van der Waals surface area contributed by atoms with E-state index in [-0.39, 0.29) is 11.7 Å². The lowest BCUT2D eigenvalue weighted by molar-refractivity contribution is 0.102. The van der Waals surface area contributed by atoms with Crippen molar-refractivity contribution < 1.29 is 13.2 Å². The van der Waals surface area contributed by atoms with Gasteiger partial charge in [-0.1, -0.05) is 25.1 Å². The molecule has 0 bridgehead atoms. The summed E-state index contributed by atoms with van der Waals surface area (Å²) in [7, 11) is -3.39. The van der Waals surface area contributed by atoms with E-state index in [0.29, 0.717) is 17.7 Å². The highest BCUT2D eigenvalue weighted by Crippen LogP contribution is 2.29. The molecule has 1 aliphatic rings. The molecule has 144 valence electrons. The fraction of sp³-hybridized carbons (Fsp3) is 0.350. The molecule has 0 unspecified atom stereocenters. The van der Waals surface area contributed by atoms with Crippen molar-refractivity contribution in [1.82, 2.24) is 0 Å². The minimum atomic E-state index is -3.39. The van der Waals surface area contributed by atoms with E-state index >= 15 is 0 Å². The molecule has 0 saturated carbocycles. The summed E-state index contributed by atoms with van der Waals surface area (Å²) in [6.45, 7) is 3.78. The maximum atomic E-state index is 12.7. The lowest BCUT2D eigenvalue weighted by atomic mass is 10.1. The van der Waals surface area contributed by atoms with Crippen LogP contribution in [0.4, 0.5) is 17.1 Å². The normalized spacial score (nSPS) is 14.2. The summed E-state index contributed by atoms with van der Waals surface area (Å²) in [6.07, 6.45) is 2.84. The fourth-order valence-electron chi connectivity index (χ4n) is 3.23. The molecule has 1 aliphatic heterocycles. The number of rotatable bonds is 7. The van der Waals surface area contributed by atoms with E-state index in [1.165, 1.54) is 0 Å². The predicted molar refractivity (Wildman–Crippen MR) is 110 cm³/mol. The zero-order valence-corrected chi connectivity index (χ0v) is 16.3. The number of nitrogens with one attached hydrogen (secondary N) is 2. The third kappa shape index (κ3) is 5.01. The molecule has 1 saturated heterocycles. The van der Waals surface area contributed by atoms with Gasteiger partial charge in [-0.2, -0.15) is 0 Å². The second-order valence-corrected chi connectivity index (χ2v) is 8.51. The first-order valence-electron chi connectivity index (χ1n) is 9.24. The van der Waals surface area contributed by atoms with Crippen LogP contribution in [0, 0.1) is 0 Å². The van der Waals surface area contributed by atoms with Gasteiger partial charge in [-0.25, -0.2) is 8.42 Å². The summed E-state index contributed by atoms with van der Waals surface area (Å²) in [5.41, 5.74) is 2.58. The SMILES string of the molecule is CCCS(=O)(=O)Nc1cccc(C(=O)Nc2ccccc2N2CCCC2)c1. The average Bonchev–Trinajstić information content (AvgIpc) is 3.16. The average molecular weight is 388 g/mol. The largest absolute Gasteiger partial charge is 0.370 e. The molecule has 0 atom stereocenters. The number of anilines is 3. The van der Waals surface area contributed by atoms with Crippen molar-refractivity contribution in [3.05, 3.63) is 54.1 Å². The lowest BCUT2D eigenvalue weighted by Crippen LogP contribution is -2.21. The predicted octanol–water partition coefficient (Wildman–Crippen LogP) is 3.69. The van der Waals surface area contributed by atoms with Crippen LogP contribution in [0.25, 0.3) is 0 Å². The van der Waals surface area contributed by atoms with Gasteiger partial charge in [-0.3, -0.25) is 9.52 Å². The van der Waals surface area contributed by atoms with Crippen molar-refractivity contribution in [3.8, 4) is 0 Å². The van der Waals surface area contributed by atoms with E-state index < -0.39 is 10.0 Å². The zero-order valence-electron chi connectivity index (χ0n) is 15.4. The Labute approximate surface area is 160 Å². The molecule has 2 aromatic rings. The van der Waals surface area contributed by atoms with Gasteiger partial charge in [0.1, 0.15) is 0 Å². The lowest BCUT2D eigenvalue weighted by Gasteiger charge is -2.21. The molecule has 2 N–H and O–H groups in total. The molecule has 2 aromatic carbocycles. The maximum Gasteiger partial charge on any atom is 0.255 e. The summed E-state index contributed by atoms with van der Waals surface area (Å²) in [4.78, 5) is 15.0. The number of nitrogens with zero attached hydrogens (tertiary/aromatic N) is 1. The second-order valence-electron chi connectivity index (χ2n) is 6.67. The molecular weight excluding hydrogens is 362 g/mol. The fourth-order valence-corrected chi connectivity index (χ4v) is 4.36. The van der Waals surface area contributed by atoms with Crippen LogP contribution in [0.15, 0.2) is 48.5 Å². The Morgan fingerprint density at radius 3 is 2.56 bits per heavy atom. The smallest absolute Gasteiger partial charge is 0.255 e. The van der Waals surface area contributed by atoms with Crippen molar-refractivity contribution in [3.63, 3.8) is 0 Å². The molecule has 7 heteroatoms. The summed E-state index contributed by atoms with van der Waals surface area (Å²) in [5.74, 6) is -0.217. The van der Waals surface area contributed by atoms with Crippen molar-refractivity contribution >= 4 is 33.0 Å². The van der Waals surface area contributed by atoms with Gasteiger partial charge < -0.3 is 10.2 Å². The van der Waals surface area contributed by atoms with E-state index in [1.807, 2.05) is 24.3 Å². The molecule has 1 fully saturated rings. The number of hydrogen-bond donors (Lipinski definition) is 2. The standard InChI is InChI=1S/C20H25N3O3S/c1-2-14-27(25,26)22-17-9-7-8-16(15-17)20(24)21-18-10-3-4-11-19(18)23-12-5-6-13-23/h3-4,7-11,15,22H,2,5-6,12-14H2,1H3,(H,21,24). The van der Waals surface area contributed by atoms with Gasteiger partial charge >= 0.3 is 0 Å². The van der Waals surface area contributed by atoms with Gasteiger partial charge in [0.05, 0.1) is 17.1 Å². The highest BCUT2D eigenvalue weighted by molar-refractivity contribution is 7.92. The highest BCUT2D eigenvalue weighted by Gasteiger charge is 2.17. The van der Waals surface area contributed by atoms with Gasteiger partial charge in [-0.05, 0) is 49.6 Å². The van der Waals surface area contributed by atoms with Crippen LogP contribution in [0.5, 0.6) is 0 Å². The molecular formula is C20H25N3O3S. The summed E-state index contributed by atoms with van der Waals surface area (Å²) < 4.78 is 26.4. The first-order valence-corrected chi connectivity index (χ1v) is 10.9. The Bertz CT molecular complexity index is 906. The van der Waals surface area contributed by atoms with Gasteiger partial charge in [0.25, 0.3) is 5.91 Å². The van der Waals surface area contributed by atoms with Crippen LogP contribution < -0.4 is 14.9 Å². The van der Waals surface area contributed by atoms with Crippen molar-refractivity contribution in [2.24, 2.45) is 0 Å². The monoisotopic (exact) mass is 387 g/mol. The summed E-state index contributed by atoms with van der Waals surface area (Å²) in [5, 5.41) is 2.96. The van der Waals surface area contributed by atoms with E-state index in [2.05, 4.69) is 14.9 Å². The van der Waals surface area contributed by atoms with Crippen LogP contribution in [0.3, 0.4) is 0 Å². The Balaban J connectivity index is 1.77. The topological polar surface area (TPSA) is 78.5 Å². The first-order chi connectivity index (χ1) is 13.0. The van der Waals surface area contributed by atoms with E-state index in [9.17, 15) is 13.2 Å². The number of para-hydroxylation sites is 2. The highest BCUT2D eigenvalue weighted by atomic mass is 32.2. The summed E-state index contributed by atoms with van der Waals surface area (Å²) >= 11 is 0. The third-order valence-electron chi connectivity index (χ3n) is 4.47. The Morgan fingerprint density at radius 2 is 1.81 bits per heavy atom. The van der Waals surface area contributed by atoms with Crippen molar-refractivity contribution in [2.75, 3.05) is 33.8 Å². The maximum absolute atomic E-state index is 12.7. The van der Waals surface area contributed by atoms with E-state index in [4.69, 9.17) is 0 Å². The first kappa shape index (κ1) is 19.2. The molecule has 3 rings (SSSR count). The third-order valence-corrected chi connectivity index (χ3v) is 5.96. The van der Waals surface area contributed by atoms with Gasteiger partial charge in [-0.15, -0.1) is 0 Å². The van der Waals surface area contributed by atoms with Crippen LogP contribution in [0.1, 0.15) is 36.5 Å². The van der Waals surface area contributed by atoms with Crippen LogP contribution in [-0.2, 0) is 10.0 Å². The molecule has 1 amide bonds. The van der Waals surface area contributed by atoms with Gasteiger partial charge in [0, 0.05) is 24.3 Å².